The maximum atomic E-state index is 12.8. The second-order valence-corrected chi connectivity index (χ2v) is 7.09. The maximum Gasteiger partial charge on any atom is 0.268 e. The predicted molar refractivity (Wildman–Crippen MR) is 104 cm³/mol. The molecule has 4 nitrogen and oxygen atoms in total. The van der Waals surface area contributed by atoms with Crippen LogP contribution >= 0.6 is 0 Å². The highest BCUT2D eigenvalue weighted by atomic mass is 16.1. The summed E-state index contributed by atoms with van der Waals surface area (Å²) in [6, 6.07) is 6.21. The van der Waals surface area contributed by atoms with E-state index in [4.69, 9.17) is 5.73 Å². The Morgan fingerprint density at radius 3 is 2.20 bits per heavy atom. The van der Waals surface area contributed by atoms with Crippen molar-refractivity contribution in [2.75, 3.05) is 0 Å². The number of nitrogens with zero attached hydrogens (tertiary/aromatic N) is 1. The molecule has 2 aromatic rings. The van der Waals surface area contributed by atoms with Crippen molar-refractivity contribution in [1.29, 1.82) is 0 Å². The van der Waals surface area contributed by atoms with Crippen LogP contribution in [0.2, 0.25) is 0 Å². The fourth-order valence-corrected chi connectivity index (χ4v) is 3.73. The lowest BCUT2D eigenvalue weighted by atomic mass is 9.99. The minimum Gasteiger partial charge on any atom is -0.347 e. The third-order valence-corrected chi connectivity index (χ3v) is 4.85. The van der Waals surface area contributed by atoms with E-state index in [2.05, 4.69) is 63.6 Å². The van der Waals surface area contributed by atoms with E-state index < -0.39 is 0 Å². The van der Waals surface area contributed by atoms with Gasteiger partial charge in [-0.3, -0.25) is 4.79 Å². The number of nitrogens with one attached hydrogen (secondary N) is 1. The second-order valence-electron chi connectivity index (χ2n) is 7.09. The Hall–Kier alpha value is -2.07. The van der Waals surface area contributed by atoms with Gasteiger partial charge >= 0.3 is 0 Å². The van der Waals surface area contributed by atoms with Crippen LogP contribution in [-0.2, 0) is 19.6 Å². The molecule has 0 saturated heterocycles. The zero-order valence-electron chi connectivity index (χ0n) is 16.4. The lowest BCUT2D eigenvalue weighted by molar-refractivity contribution is 0.0941. The van der Waals surface area contributed by atoms with Crippen molar-refractivity contribution in [1.82, 2.24) is 9.88 Å². The Balaban J connectivity index is 2.23. The van der Waals surface area contributed by atoms with Crippen molar-refractivity contribution in [3.63, 3.8) is 0 Å². The summed E-state index contributed by atoms with van der Waals surface area (Å²) in [5.41, 5.74) is 13.5. The van der Waals surface area contributed by atoms with Crippen molar-refractivity contribution in [3.05, 3.63) is 57.4 Å². The highest BCUT2D eigenvalue weighted by Gasteiger charge is 2.19. The molecule has 0 aliphatic heterocycles. The fraction of sp³-hybridized carbons (Fsp3) is 0.476. The van der Waals surface area contributed by atoms with Gasteiger partial charge in [0.25, 0.3) is 5.91 Å². The molecule has 1 amide bonds. The SMILES string of the molecule is CCn1c(C(=O)NCc2c(C)cc(CN)cc2C)cc(C)c1C(C)C. The minimum atomic E-state index is -0.0152. The molecule has 0 bridgehead atoms. The van der Waals surface area contributed by atoms with E-state index in [-0.39, 0.29) is 5.91 Å². The van der Waals surface area contributed by atoms with Crippen LogP contribution in [0.15, 0.2) is 18.2 Å². The standard InChI is InChI=1S/C21H31N3O/c1-7-24-19(10-16(6)20(24)13(2)3)21(25)23-12-18-14(4)8-17(11-22)9-15(18)5/h8-10,13H,7,11-12,22H2,1-6H3,(H,23,25). The summed E-state index contributed by atoms with van der Waals surface area (Å²) in [5, 5.41) is 3.10. The Morgan fingerprint density at radius 1 is 1.12 bits per heavy atom. The van der Waals surface area contributed by atoms with E-state index in [0.717, 1.165) is 17.8 Å². The second kappa shape index (κ2) is 7.87. The Labute approximate surface area is 151 Å². The fourth-order valence-electron chi connectivity index (χ4n) is 3.73. The zero-order chi connectivity index (χ0) is 18.7. The van der Waals surface area contributed by atoms with Crippen LogP contribution in [0.25, 0.3) is 0 Å². The summed E-state index contributed by atoms with van der Waals surface area (Å²) in [4.78, 5) is 12.8. The number of aryl methyl sites for hydroxylation is 3. The van der Waals surface area contributed by atoms with Gasteiger partial charge in [0.15, 0.2) is 0 Å². The van der Waals surface area contributed by atoms with E-state index >= 15 is 0 Å². The van der Waals surface area contributed by atoms with Crippen molar-refractivity contribution in [2.45, 2.75) is 67.1 Å². The number of benzene rings is 1. The monoisotopic (exact) mass is 341 g/mol. The molecule has 25 heavy (non-hydrogen) atoms. The minimum absolute atomic E-state index is 0.0152. The first-order valence-corrected chi connectivity index (χ1v) is 9.07. The largest absolute Gasteiger partial charge is 0.347 e. The average molecular weight is 341 g/mol. The number of hydrogen-bond donors (Lipinski definition) is 2. The van der Waals surface area contributed by atoms with E-state index in [1.54, 1.807) is 0 Å². The number of carbonyl (C=O) groups excluding carboxylic acids is 1. The lowest BCUT2D eigenvalue weighted by Gasteiger charge is -2.16. The summed E-state index contributed by atoms with van der Waals surface area (Å²) in [5.74, 6) is 0.383. The number of aromatic nitrogens is 1. The van der Waals surface area contributed by atoms with Gasteiger partial charge in [-0.1, -0.05) is 26.0 Å². The molecule has 0 fully saturated rings. The zero-order valence-corrected chi connectivity index (χ0v) is 16.4. The summed E-state index contributed by atoms with van der Waals surface area (Å²) in [6.45, 7) is 14.5. The van der Waals surface area contributed by atoms with Crippen LogP contribution in [0.1, 0.15) is 70.7 Å². The molecule has 2 rings (SSSR count). The van der Waals surface area contributed by atoms with Gasteiger partial charge in [0, 0.05) is 25.3 Å². The molecule has 1 heterocycles. The molecule has 1 aromatic heterocycles. The summed E-state index contributed by atoms with van der Waals surface area (Å²) in [6.07, 6.45) is 0. The van der Waals surface area contributed by atoms with E-state index in [9.17, 15) is 4.79 Å². The van der Waals surface area contributed by atoms with Crippen LogP contribution in [0, 0.1) is 20.8 Å². The van der Waals surface area contributed by atoms with Gasteiger partial charge in [-0.05, 0) is 67.5 Å². The van der Waals surface area contributed by atoms with Gasteiger partial charge in [-0.2, -0.15) is 0 Å². The first-order chi connectivity index (χ1) is 11.8. The molecule has 0 atom stereocenters. The average Bonchev–Trinajstić information content (AvgIpc) is 2.90. The van der Waals surface area contributed by atoms with E-state index in [0.29, 0.717) is 19.0 Å². The molecule has 136 valence electrons. The molecule has 0 spiro atoms. The van der Waals surface area contributed by atoms with Gasteiger partial charge in [-0.15, -0.1) is 0 Å². The molecule has 0 aliphatic carbocycles. The van der Waals surface area contributed by atoms with Crippen molar-refractivity contribution < 1.29 is 4.79 Å². The summed E-state index contributed by atoms with van der Waals surface area (Å²) < 4.78 is 2.13. The maximum absolute atomic E-state index is 12.8. The Kier molecular flexibility index (Phi) is 6.07. The number of carbonyl (C=O) groups is 1. The quantitative estimate of drug-likeness (QED) is 0.836. The summed E-state index contributed by atoms with van der Waals surface area (Å²) in [7, 11) is 0. The lowest BCUT2D eigenvalue weighted by Crippen LogP contribution is -2.26. The third-order valence-electron chi connectivity index (χ3n) is 4.85. The van der Waals surface area contributed by atoms with Crippen molar-refractivity contribution in [3.8, 4) is 0 Å². The van der Waals surface area contributed by atoms with Gasteiger partial charge < -0.3 is 15.6 Å². The Morgan fingerprint density at radius 2 is 1.72 bits per heavy atom. The first kappa shape index (κ1) is 19.3. The third kappa shape index (κ3) is 3.96. The van der Waals surface area contributed by atoms with Crippen LogP contribution < -0.4 is 11.1 Å². The molecular weight excluding hydrogens is 310 g/mol. The predicted octanol–water partition coefficient (Wildman–Crippen LogP) is 3.95. The van der Waals surface area contributed by atoms with Crippen LogP contribution in [0.4, 0.5) is 0 Å². The van der Waals surface area contributed by atoms with Gasteiger partial charge in [-0.25, -0.2) is 0 Å². The van der Waals surface area contributed by atoms with Crippen molar-refractivity contribution >= 4 is 5.91 Å². The number of hydrogen-bond acceptors (Lipinski definition) is 2. The smallest absolute Gasteiger partial charge is 0.268 e. The normalized spacial score (nSPS) is 11.2. The van der Waals surface area contributed by atoms with Gasteiger partial charge in [0.1, 0.15) is 5.69 Å². The van der Waals surface area contributed by atoms with Crippen molar-refractivity contribution in [2.24, 2.45) is 5.73 Å². The van der Waals surface area contributed by atoms with Crippen LogP contribution in [0.3, 0.4) is 0 Å². The van der Waals surface area contributed by atoms with Gasteiger partial charge in [0.05, 0.1) is 0 Å². The number of nitrogens with two attached hydrogens (primary N) is 1. The number of rotatable bonds is 6. The van der Waals surface area contributed by atoms with Crippen LogP contribution in [0.5, 0.6) is 0 Å². The molecular formula is C21H31N3O. The number of amides is 1. The van der Waals surface area contributed by atoms with E-state index in [1.165, 1.54) is 27.9 Å². The molecule has 0 unspecified atom stereocenters. The molecule has 0 radical (unpaired) electrons. The molecule has 3 N–H and O–H groups in total. The summed E-state index contributed by atoms with van der Waals surface area (Å²) >= 11 is 0. The van der Waals surface area contributed by atoms with Gasteiger partial charge in [0.2, 0.25) is 0 Å². The molecule has 4 heteroatoms. The molecule has 1 aromatic carbocycles. The van der Waals surface area contributed by atoms with E-state index in [1.807, 2.05) is 6.07 Å². The first-order valence-electron chi connectivity index (χ1n) is 9.07. The molecule has 0 aliphatic rings. The van der Waals surface area contributed by atoms with Crippen LogP contribution in [-0.4, -0.2) is 10.5 Å². The highest BCUT2D eigenvalue weighted by Crippen LogP contribution is 2.24. The highest BCUT2D eigenvalue weighted by molar-refractivity contribution is 5.93. The Bertz CT molecular complexity index is 749. The molecule has 0 saturated carbocycles. The topological polar surface area (TPSA) is 60.0 Å².